The summed E-state index contributed by atoms with van der Waals surface area (Å²) in [6.07, 6.45) is 8.28. The minimum atomic E-state index is 0.298. The van der Waals surface area contributed by atoms with E-state index in [2.05, 4.69) is 21.9 Å². The molecule has 0 amide bonds. The van der Waals surface area contributed by atoms with Crippen LogP contribution in [0.15, 0.2) is 34.6 Å². The van der Waals surface area contributed by atoms with E-state index >= 15 is 0 Å². The molecular formula is C14H17N3O. The van der Waals surface area contributed by atoms with Crippen LogP contribution >= 0.6 is 0 Å². The van der Waals surface area contributed by atoms with Gasteiger partial charge in [0.05, 0.1) is 6.04 Å². The molecule has 18 heavy (non-hydrogen) atoms. The lowest BCUT2D eigenvalue weighted by molar-refractivity contribution is 0.281. The molecule has 1 aromatic rings. The number of rotatable bonds is 2. The molecular weight excluding hydrogens is 226 g/mol. The first-order valence-corrected chi connectivity index (χ1v) is 6.53. The van der Waals surface area contributed by atoms with Crippen LogP contribution in [0.3, 0.4) is 0 Å². The highest BCUT2D eigenvalue weighted by Gasteiger charge is 2.28. The van der Waals surface area contributed by atoms with Crippen molar-refractivity contribution in [2.45, 2.75) is 45.3 Å². The van der Waals surface area contributed by atoms with Gasteiger partial charge in [0.1, 0.15) is 6.61 Å². The van der Waals surface area contributed by atoms with E-state index in [0.717, 1.165) is 12.3 Å². The molecule has 0 saturated carbocycles. The summed E-state index contributed by atoms with van der Waals surface area (Å²) in [5.74, 6) is 1.53. The van der Waals surface area contributed by atoms with E-state index in [1.54, 1.807) is 18.5 Å². The van der Waals surface area contributed by atoms with Gasteiger partial charge in [0, 0.05) is 18.0 Å². The smallest absolute Gasteiger partial charge is 0.212 e. The lowest BCUT2D eigenvalue weighted by atomic mass is 9.90. The van der Waals surface area contributed by atoms with Crippen LogP contribution in [0.25, 0.3) is 0 Å². The minimum absolute atomic E-state index is 0.298. The Morgan fingerprint density at radius 3 is 2.83 bits per heavy atom. The van der Waals surface area contributed by atoms with E-state index < -0.39 is 0 Å². The van der Waals surface area contributed by atoms with Crippen molar-refractivity contribution in [2.24, 2.45) is 4.99 Å². The van der Waals surface area contributed by atoms with Crippen molar-refractivity contribution in [3.8, 4) is 0 Å². The van der Waals surface area contributed by atoms with Crippen molar-refractivity contribution in [3.63, 3.8) is 0 Å². The highest BCUT2D eigenvalue weighted by molar-refractivity contribution is 5.97. The molecule has 1 aliphatic heterocycles. The van der Waals surface area contributed by atoms with E-state index in [9.17, 15) is 0 Å². The van der Waals surface area contributed by atoms with Gasteiger partial charge in [0.2, 0.25) is 5.90 Å². The van der Waals surface area contributed by atoms with E-state index in [1.807, 2.05) is 0 Å². The second-order valence-corrected chi connectivity index (χ2v) is 4.77. The third kappa shape index (κ3) is 2.15. The van der Waals surface area contributed by atoms with Gasteiger partial charge in [-0.25, -0.2) is 15.0 Å². The van der Waals surface area contributed by atoms with E-state index in [1.165, 1.54) is 30.4 Å². The van der Waals surface area contributed by atoms with Gasteiger partial charge in [-0.05, 0) is 44.2 Å². The van der Waals surface area contributed by atoms with Gasteiger partial charge >= 0.3 is 0 Å². The predicted molar refractivity (Wildman–Crippen MR) is 69.2 cm³/mol. The number of hydrogen-bond donors (Lipinski definition) is 0. The third-order valence-corrected chi connectivity index (χ3v) is 3.54. The minimum Gasteiger partial charge on any atom is -0.469 e. The molecule has 0 spiro atoms. The fourth-order valence-electron chi connectivity index (χ4n) is 2.63. The normalized spacial score (nSPS) is 22.7. The summed E-state index contributed by atoms with van der Waals surface area (Å²) in [5.41, 5.74) is 2.81. The van der Waals surface area contributed by atoms with Crippen LogP contribution in [0.2, 0.25) is 0 Å². The Kier molecular flexibility index (Phi) is 3.09. The standard InChI is InChI=1S/C14H17N3O/c1-10-11-5-2-3-6-12(11)14(17-10)18-9-13-15-7-4-8-16-13/h4,7-8,10H,2-3,5-6,9H2,1H3. The molecule has 4 nitrogen and oxygen atoms in total. The zero-order valence-electron chi connectivity index (χ0n) is 10.6. The Labute approximate surface area is 107 Å². The number of aromatic nitrogens is 2. The van der Waals surface area contributed by atoms with Crippen molar-refractivity contribution in [3.05, 3.63) is 35.4 Å². The van der Waals surface area contributed by atoms with Crippen LogP contribution < -0.4 is 0 Å². The number of aliphatic imine (C=N–C) groups is 1. The molecule has 0 saturated heterocycles. The second kappa shape index (κ2) is 4.88. The Hall–Kier alpha value is -1.71. The van der Waals surface area contributed by atoms with Crippen LogP contribution in [-0.4, -0.2) is 21.9 Å². The maximum absolute atomic E-state index is 5.80. The van der Waals surface area contributed by atoms with Crippen LogP contribution in [-0.2, 0) is 11.3 Å². The molecule has 1 unspecified atom stereocenters. The van der Waals surface area contributed by atoms with E-state index in [-0.39, 0.29) is 0 Å². The Morgan fingerprint density at radius 2 is 2.00 bits per heavy atom. The van der Waals surface area contributed by atoms with Gasteiger partial charge in [-0.15, -0.1) is 0 Å². The lowest BCUT2D eigenvalue weighted by Crippen LogP contribution is -2.10. The van der Waals surface area contributed by atoms with Crippen molar-refractivity contribution in [1.82, 2.24) is 9.97 Å². The fraction of sp³-hybridized carbons (Fsp3) is 0.500. The highest BCUT2D eigenvalue weighted by Crippen LogP contribution is 2.34. The van der Waals surface area contributed by atoms with Gasteiger partial charge in [-0.1, -0.05) is 0 Å². The molecule has 0 bridgehead atoms. The van der Waals surface area contributed by atoms with Gasteiger partial charge in [0.25, 0.3) is 0 Å². The maximum atomic E-state index is 5.80. The molecule has 0 N–H and O–H groups in total. The zero-order chi connectivity index (χ0) is 12.4. The molecule has 0 radical (unpaired) electrons. The SMILES string of the molecule is CC1N=C(OCc2ncccn2)C2=C1CCCC2. The van der Waals surface area contributed by atoms with Crippen LogP contribution in [0, 0.1) is 0 Å². The van der Waals surface area contributed by atoms with Crippen LogP contribution in [0.5, 0.6) is 0 Å². The average Bonchev–Trinajstić information content (AvgIpc) is 2.75. The van der Waals surface area contributed by atoms with Crippen molar-refractivity contribution >= 4 is 5.90 Å². The highest BCUT2D eigenvalue weighted by atomic mass is 16.5. The quantitative estimate of drug-likeness (QED) is 0.802. The summed E-state index contributed by atoms with van der Waals surface area (Å²) in [6, 6.07) is 2.10. The van der Waals surface area contributed by atoms with Gasteiger partial charge in [0.15, 0.2) is 5.82 Å². The first-order valence-electron chi connectivity index (χ1n) is 6.53. The zero-order valence-corrected chi connectivity index (χ0v) is 10.6. The largest absolute Gasteiger partial charge is 0.469 e. The molecule has 1 aromatic heterocycles. The maximum Gasteiger partial charge on any atom is 0.212 e. The lowest BCUT2D eigenvalue weighted by Gasteiger charge is -2.16. The number of ether oxygens (including phenoxy) is 1. The summed E-state index contributed by atoms with van der Waals surface area (Å²) >= 11 is 0. The van der Waals surface area contributed by atoms with Crippen LogP contribution in [0.1, 0.15) is 38.4 Å². The van der Waals surface area contributed by atoms with Gasteiger partial charge in [-0.2, -0.15) is 0 Å². The molecule has 3 rings (SSSR count). The Bertz CT molecular complexity index is 493. The molecule has 1 aliphatic carbocycles. The molecule has 4 heteroatoms. The van der Waals surface area contributed by atoms with Crippen molar-refractivity contribution < 1.29 is 4.74 Å². The van der Waals surface area contributed by atoms with Gasteiger partial charge < -0.3 is 4.74 Å². The summed E-state index contributed by atoms with van der Waals surface area (Å²) in [5, 5.41) is 0. The molecule has 0 aromatic carbocycles. The number of hydrogen-bond acceptors (Lipinski definition) is 4. The molecule has 2 heterocycles. The van der Waals surface area contributed by atoms with Gasteiger partial charge in [-0.3, -0.25) is 0 Å². The molecule has 94 valence electrons. The fourth-order valence-corrected chi connectivity index (χ4v) is 2.63. The summed E-state index contributed by atoms with van der Waals surface area (Å²) < 4.78 is 5.80. The van der Waals surface area contributed by atoms with E-state index in [0.29, 0.717) is 18.5 Å². The molecule has 2 aliphatic rings. The Balaban J connectivity index is 1.70. The number of nitrogens with zero attached hydrogens (tertiary/aromatic N) is 3. The summed E-state index contributed by atoms with van der Waals surface area (Å²) in [4.78, 5) is 12.9. The van der Waals surface area contributed by atoms with Crippen molar-refractivity contribution in [1.29, 1.82) is 0 Å². The van der Waals surface area contributed by atoms with Crippen LogP contribution in [0.4, 0.5) is 0 Å². The van der Waals surface area contributed by atoms with Crippen molar-refractivity contribution in [2.75, 3.05) is 0 Å². The first-order chi connectivity index (χ1) is 8.84. The first kappa shape index (κ1) is 11.4. The Morgan fingerprint density at radius 1 is 1.22 bits per heavy atom. The monoisotopic (exact) mass is 243 g/mol. The van der Waals surface area contributed by atoms with E-state index in [4.69, 9.17) is 4.74 Å². The summed E-state index contributed by atoms with van der Waals surface area (Å²) in [6.45, 7) is 2.55. The third-order valence-electron chi connectivity index (χ3n) is 3.54. The topological polar surface area (TPSA) is 47.4 Å². The predicted octanol–water partition coefficient (Wildman–Crippen LogP) is 2.66. The summed E-state index contributed by atoms with van der Waals surface area (Å²) in [7, 11) is 0. The second-order valence-electron chi connectivity index (χ2n) is 4.77. The average molecular weight is 243 g/mol. The molecule has 1 atom stereocenters. The molecule has 0 fully saturated rings.